The maximum Gasteiger partial charge on any atom is 0.282 e. The fraction of sp³-hybridized carbons (Fsp3) is 0.200. The van der Waals surface area contributed by atoms with Gasteiger partial charge < -0.3 is 10.1 Å². The Bertz CT molecular complexity index is 404. The van der Waals surface area contributed by atoms with E-state index < -0.39 is 0 Å². The predicted molar refractivity (Wildman–Crippen MR) is 65.2 cm³/mol. The lowest BCUT2D eigenvalue weighted by Gasteiger charge is -2.10. The average molecular weight is 259 g/mol. The Morgan fingerprint density at radius 1 is 1.38 bits per heavy atom. The number of halogens is 1. The van der Waals surface area contributed by atoms with Crippen LogP contribution in [0.1, 0.15) is 0 Å². The van der Waals surface area contributed by atoms with Crippen molar-refractivity contribution in [2.45, 2.75) is 4.90 Å². The maximum atomic E-state index is 11.5. The van der Waals surface area contributed by atoms with Gasteiger partial charge in [0.2, 0.25) is 5.04 Å². The molecule has 0 saturated carbocycles. The molecule has 0 heterocycles. The molecule has 1 N–H and O–H groups in total. The molecule has 0 bridgehead atoms. The molecule has 0 aliphatic carbocycles. The minimum Gasteiger partial charge on any atom is -0.410 e. The Labute approximate surface area is 103 Å². The lowest BCUT2D eigenvalue weighted by atomic mass is 10.4. The molecule has 16 heavy (non-hydrogen) atoms. The summed E-state index contributed by atoms with van der Waals surface area (Å²) in [6, 6.07) is 6.92. The molecule has 0 radical (unpaired) electrons. The van der Waals surface area contributed by atoms with E-state index in [-0.39, 0.29) is 11.0 Å². The molecule has 1 aromatic carbocycles. The molecule has 0 saturated heterocycles. The van der Waals surface area contributed by atoms with Crippen molar-refractivity contribution >= 4 is 34.3 Å². The summed E-state index contributed by atoms with van der Waals surface area (Å²) in [5.41, 5.74) is 0. The van der Waals surface area contributed by atoms with Crippen LogP contribution in [0.3, 0.4) is 0 Å². The lowest BCUT2D eigenvalue weighted by molar-refractivity contribution is -0.121. The van der Waals surface area contributed by atoms with E-state index in [1.54, 1.807) is 38.4 Å². The summed E-state index contributed by atoms with van der Waals surface area (Å²) in [5, 5.41) is 12.4. The summed E-state index contributed by atoms with van der Waals surface area (Å²) in [7, 11) is 3.19. The SMILES string of the molecule is CN(C)C(=O)C(=NO)Sc1ccc(Cl)cc1. The van der Waals surface area contributed by atoms with Crippen molar-refractivity contribution in [3.05, 3.63) is 29.3 Å². The average Bonchev–Trinajstić information content (AvgIpc) is 2.27. The van der Waals surface area contributed by atoms with Gasteiger partial charge in [-0.1, -0.05) is 28.5 Å². The highest BCUT2D eigenvalue weighted by molar-refractivity contribution is 8.15. The summed E-state index contributed by atoms with van der Waals surface area (Å²) < 4.78 is 0. The Hall–Kier alpha value is -1.20. The molecule has 6 heteroatoms. The molecule has 0 aliphatic rings. The quantitative estimate of drug-likeness (QED) is 0.277. The molecule has 4 nitrogen and oxygen atoms in total. The van der Waals surface area contributed by atoms with E-state index in [1.165, 1.54) is 4.90 Å². The van der Waals surface area contributed by atoms with E-state index in [1.807, 2.05) is 0 Å². The first kappa shape index (κ1) is 12.9. The number of oxime groups is 1. The fourth-order valence-electron chi connectivity index (χ4n) is 0.912. The van der Waals surface area contributed by atoms with Gasteiger partial charge in [0.05, 0.1) is 0 Å². The monoisotopic (exact) mass is 258 g/mol. The molecule has 0 unspecified atom stereocenters. The lowest BCUT2D eigenvalue weighted by Crippen LogP contribution is -2.28. The third-order valence-corrected chi connectivity index (χ3v) is 2.92. The van der Waals surface area contributed by atoms with Crippen molar-refractivity contribution in [2.24, 2.45) is 5.16 Å². The third-order valence-electron chi connectivity index (χ3n) is 1.71. The fourth-order valence-corrected chi connectivity index (χ4v) is 1.84. The van der Waals surface area contributed by atoms with E-state index in [0.29, 0.717) is 5.02 Å². The Morgan fingerprint density at radius 2 is 1.94 bits per heavy atom. The first-order chi connectivity index (χ1) is 7.54. The Balaban J connectivity index is 2.79. The van der Waals surface area contributed by atoms with Gasteiger partial charge in [-0.05, 0) is 24.3 Å². The molecule has 1 rings (SSSR count). The third kappa shape index (κ3) is 3.43. The van der Waals surface area contributed by atoms with E-state index in [2.05, 4.69) is 5.16 Å². The van der Waals surface area contributed by atoms with E-state index in [4.69, 9.17) is 16.8 Å². The summed E-state index contributed by atoms with van der Waals surface area (Å²) in [6.45, 7) is 0. The highest BCUT2D eigenvalue weighted by Crippen LogP contribution is 2.22. The van der Waals surface area contributed by atoms with Gasteiger partial charge >= 0.3 is 0 Å². The van der Waals surface area contributed by atoms with E-state index in [9.17, 15) is 4.79 Å². The zero-order valence-corrected chi connectivity index (χ0v) is 10.4. The molecular formula is C10H11ClN2O2S. The molecule has 0 spiro atoms. The predicted octanol–water partition coefficient (Wildman–Crippen LogP) is 2.31. The van der Waals surface area contributed by atoms with Crippen LogP contribution in [0.15, 0.2) is 34.3 Å². The summed E-state index contributed by atoms with van der Waals surface area (Å²) in [5.74, 6) is -0.345. The van der Waals surface area contributed by atoms with Crippen LogP contribution in [0.25, 0.3) is 0 Å². The molecular weight excluding hydrogens is 248 g/mol. The van der Waals surface area contributed by atoms with Gasteiger partial charge in [-0.3, -0.25) is 4.79 Å². The Kier molecular flexibility index (Phi) is 4.64. The van der Waals surface area contributed by atoms with Gasteiger partial charge in [0.1, 0.15) is 0 Å². The minimum atomic E-state index is -0.345. The number of carbonyl (C=O) groups is 1. The Morgan fingerprint density at radius 3 is 2.38 bits per heavy atom. The molecule has 0 aromatic heterocycles. The second-order valence-electron chi connectivity index (χ2n) is 3.16. The standard InChI is InChI=1S/C10H11ClN2O2S/c1-13(2)10(14)9(12-15)16-8-5-3-7(11)4-6-8/h3-6,15H,1-2H3. The van der Waals surface area contributed by atoms with Crippen LogP contribution in [0, 0.1) is 0 Å². The molecule has 0 aliphatic heterocycles. The molecule has 86 valence electrons. The van der Waals surface area contributed by atoms with Gasteiger partial charge in [-0.25, -0.2) is 0 Å². The van der Waals surface area contributed by atoms with Crippen LogP contribution in [-0.4, -0.2) is 35.2 Å². The summed E-state index contributed by atoms with van der Waals surface area (Å²) in [6.07, 6.45) is 0. The number of rotatable bonds is 1. The number of carbonyl (C=O) groups excluding carboxylic acids is 1. The van der Waals surface area contributed by atoms with Crippen molar-refractivity contribution in [2.75, 3.05) is 14.1 Å². The van der Waals surface area contributed by atoms with Crippen molar-refractivity contribution < 1.29 is 10.0 Å². The number of amides is 1. The van der Waals surface area contributed by atoms with Gasteiger partial charge in [-0.15, -0.1) is 0 Å². The van der Waals surface area contributed by atoms with Crippen LogP contribution in [0.5, 0.6) is 0 Å². The highest BCUT2D eigenvalue weighted by Gasteiger charge is 2.15. The van der Waals surface area contributed by atoms with Crippen molar-refractivity contribution in [1.29, 1.82) is 0 Å². The molecule has 0 fully saturated rings. The normalized spacial score (nSPS) is 11.3. The van der Waals surface area contributed by atoms with Crippen LogP contribution in [-0.2, 0) is 4.79 Å². The van der Waals surface area contributed by atoms with Crippen LogP contribution in [0.4, 0.5) is 0 Å². The second kappa shape index (κ2) is 5.77. The largest absolute Gasteiger partial charge is 0.410 e. The summed E-state index contributed by atoms with van der Waals surface area (Å²) >= 11 is 6.82. The highest BCUT2D eigenvalue weighted by atomic mass is 35.5. The van der Waals surface area contributed by atoms with Crippen molar-refractivity contribution in [3.63, 3.8) is 0 Å². The van der Waals surface area contributed by atoms with E-state index >= 15 is 0 Å². The zero-order valence-electron chi connectivity index (χ0n) is 8.85. The van der Waals surface area contributed by atoms with Crippen molar-refractivity contribution in [1.82, 2.24) is 4.90 Å². The number of benzene rings is 1. The van der Waals surface area contributed by atoms with Crippen LogP contribution < -0.4 is 0 Å². The molecule has 1 aromatic rings. The molecule has 0 atom stereocenters. The second-order valence-corrected chi connectivity index (χ2v) is 4.66. The van der Waals surface area contributed by atoms with Crippen molar-refractivity contribution in [3.8, 4) is 0 Å². The van der Waals surface area contributed by atoms with Gasteiger partial charge in [0.25, 0.3) is 5.91 Å². The van der Waals surface area contributed by atoms with Gasteiger partial charge in [0.15, 0.2) is 0 Å². The molecule has 1 amide bonds. The number of nitrogens with zero attached hydrogens (tertiary/aromatic N) is 2. The minimum absolute atomic E-state index is 0.0207. The van der Waals surface area contributed by atoms with E-state index in [0.717, 1.165) is 16.7 Å². The zero-order chi connectivity index (χ0) is 12.1. The van der Waals surface area contributed by atoms with Crippen LogP contribution in [0.2, 0.25) is 5.02 Å². The van der Waals surface area contributed by atoms with Gasteiger partial charge in [-0.2, -0.15) is 0 Å². The first-order valence-electron chi connectivity index (χ1n) is 4.41. The maximum absolute atomic E-state index is 11.5. The topological polar surface area (TPSA) is 52.9 Å². The first-order valence-corrected chi connectivity index (χ1v) is 5.61. The number of hydrogen-bond acceptors (Lipinski definition) is 4. The summed E-state index contributed by atoms with van der Waals surface area (Å²) in [4.78, 5) is 13.7. The number of hydrogen-bond donors (Lipinski definition) is 1. The smallest absolute Gasteiger partial charge is 0.282 e. The van der Waals surface area contributed by atoms with Gasteiger partial charge in [0, 0.05) is 24.0 Å². The number of thioether (sulfide) groups is 1. The van der Waals surface area contributed by atoms with Crippen LogP contribution >= 0.6 is 23.4 Å².